The van der Waals surface area contributed by atoms with E-state index in [0.717, 1.165) is 50.1 Å². The molecule has 0 saturated carbocycles. The number of thioether (sulfide) groups is 1. The highest BCUT2D eigenvalue weighted by molar-refractivity contribution is 14.0. The van der Waals surface area contributed by atoms with Gasteiger partial charge in [0, 0.05) is 31.2 Å². The number of guanidine groups is 1. The van der Waals surface area contributed by atoms with Crippen molar-refractivity contribution in [2.45, 2.75) is 25.9 Å². The second-order valence-corrected chi connectivity index (χ2v) is 5.29. The highest BCUT2D eigenvalue weighted by Crippen LogP contribution is 2.11. The van der Waals surface area contributed by atoms with Crippen molar-refractivity contribution in [3.63, 3.8) is 0 Å². The largest absolute Gasteiger partial charge is 0.376 e. The molecule has 1 fully saturated rings. The Labute approximate surface area is 138 Å². The number of rotatable bonds is 8. The lowest BCUT2D eigenvalue weighted by molar-refractivity contribution is 0.117. The maximum absolute atomic E-state index is 5.56. The third-order valence-corrected chi connectivity index (χ3v) is 3.56. The summed E-state index contributed by atoms with van der Waals surface area (Å²) in [5.41, 5.74) is 0. The molecule has 1 atom stereocenters. The molecule has 1 rings (SSSR count). The van der Waals surface area contributed by atoms with Crippen molar-refractivity contribution in [2.75, 3.05) is 37.7 Å². The van der Waals surface area contributed by atoms with Crippen LogP contribution in [0.3, 0.4) is 0 Å². The first-order valence-corrected chi connectivity index (χ1v) is 7.84. The number of nitrogens with zero attached hydrogens (tertiary/aromatic N) is 1. The summed E-state index contributed by atoms with van der Waals surface area (Å²) >= 11 is 1.87. The quantitative estimate of drug-likeness (QED) is 0.216. The predicted octanol–water partition coefficient (Wildman–Crippen LogP) is 2.26. The van der Waals surface area contributed by atoms with Gasteiger partial charge >= 0.3 is 0 Å². The molecule has 0 spiro atoms. The number of ether oxygens (including phenoxy) is 1. The van der Waals surface area contributed by atoms with Crippen LogP contribution in [0.5, 0.6) is 0 Å². The van der Waals surface area contributed by atoms with E-state index in [9.17, 15) is 0 Å². The molecule has 0 radical (unpaired) electrons. The maximum Gasteiger partial charge on any atom is 0.191 e. The summed E-state index contributed by atoms with van der Waals surface area (Å²) in [6.45, 7) is 9.25. The Morgan fingerprint density at radius 3 is 3.00 bits per heavy atom. The lowest BCUT2D eigenvalue weighted by atomic mass is 10.2. The van der Waals surface area contributed by atoms with Crippen LogP contribution in [0, 0.1) is 0 Å². The minimum Gasteiger partial charge on any atom is -0.376 e. The van der Waals surface area contributed by atoms with Gasteiger partial charge in [0.1, 0.15) is 0 Å². The average Bonchev–Trinajstić information content (AvgIpc) is 2.88. The standard InChI is InChI=1S/C13H25N3OS.HI/c1-3-9-18-10-7-15-13(14-4-2)16-11-12-6-5-8-17-12;/h3,12H,1,4-11H2,2H3,(H2,14,15,16);1H. The van der Waals surface area contributed by atoms with Crippen molar-refractivity contribution in [1.82, 2.24) is 10.6 Å². The van der Waals surface area contributed by atoms with Gasteiger partial charge in [-0.15, -0.1) is 30.6 Å². The predicted molar refractivity (Wildman–Crippen MR) is 95.9 cm³/mol. The first-order chi connectivity index (χ1) is 8.86. The number of halogens is 1. The Kier molecular flexibility index (Phi) is 13.1. The summed E-state index contributed by atoms with van der Waals surface area (Å²) < 4.78 is 5.56. The summed E-state index contributed by atoms with van der Waals surface area (Å²) in [4.78, 5) is 4.55. The Balaban J connectivity index is 0.00000324. The minimum absolute atomic E-state index is 0. The van der Waals surface area contributed by atoms with Crippen molar-refractivity contribution in [1.29, 1.82) is 0 Å². The van der Waals surface area contributed by atoms with Gasteiger partial charge < -0.3 is 15.4 Å². The molecule has 1 aliphatic heterocycles. The van der Waals surface area contributed by atoms with Crippen LogP contribution in [0.15, 0.2) is 17.6 Å². The van der Waals surface area contributed by atoms with Crippen LogP contribution >= 0.6 is 35.7 Å². The zero-order chi connectivity index (χ0) is 13.1. The van der Waals surface area contributed by atoms with Crippen LogP contribution in [0.1, 0.15) is 19.8 Å². The molecular weight excluding hydrogens is 373 g/mol. The fourth-order valence-electron chi connectivity index (χ4n) is 1.73. The number of hydrogen-bond donors (Lipinski definition) is 2. The molecule has 2 N–H and O–H groups in total. The van der Waals surface area contributed by atoms with Crippen LogP contribution < -0.4 is 10.6 Å². The van der Waals surface area contributed by atoms with Crippen molar-refractivity contribution < 1.29 is 4.74 Å². The van der Waals surface area contributed by atoms with Crippen molar-refractivity contribution in [3.8, 4) is 0 Å². The molecule has 4 nitrogen and oxygen atoms in total. The SMILES string of the molecule is C=CCSCCNC(=NCC1CCCO1)NCC.I. The molecule has 1 unspecified atom stereocenters. The van der Waals surface area contributed by atoms with E-state index >= 15 is 0 Å². The van der Waals surface area contributed by atoms with Gasteiger partial charge in [0.05, 0.1) is 12.6 Å². The number of aliphatic imine (C=N–C) groups is 1. The molecule has 0 amide bonds. The van der Waals surface area contributed by atoms with E-state index in [1.165, 1.54) is 6.42 Å². The highest BCUT2D eigenvalue weighted by atomic mass is 127. The summed E-state index contributed by atoms with van der Waals surface area (Å²) in [6, 6.07) is 0. The minimum atomic E-state index is 0. The van der Waals surface area contributed by atoms with E-state index < -0.39 is 0 Å². The Morgan fingerprint density at radius 2 is 2.37 bits per heavy atom. The van der Waals surface area contributed by atoms with Gasteiger partial charge in [-0.2, -0.15) is 11.8 Å². The Hall–Kier alpha value is 0.0500. The van der Waals surface area contributed by atoms with Crippen LogP contribution in [0.2, 0.25) is 0 Å². The zero-order valence-electron chi connectivity index (χ0n) is 11.7. The molecule has 6 heteroatoms. The van der Waals surface area contributed by atoms with Crippen LogP contribution in [-0.4, -0.2) is 49.8 Å². The first-order valence-electron chi connectivity index (χ1n) is 6.69. The van der Waals surface area contributed by atoms with E-state index in [1.54, 1.807) is 0 Å². The van der Waals surface area contributed by atoms with Crippen LogP contribution in [0.4, 0.5) is 0 Å². The summed E-state index contributed by atoms with van der Waals surface area (Å²) in [5.74, 6) is 2.97. The summed E-state index contributed by atoms with van der Waals surface area (Å²) in [7, 11) is 0. The lowest BCUT2D eigenvalue weighted by Crippen LogP contribution is -2.39. The summed E-state index contributed by atoms with van der Waals surface area (Å²) in [5, 5.41) is 6.58. The van der Waals surface area contributed by atoms with E-state index in [-0.39, 0.29) is 24.0 Å². The fourth-order valence-corrected chi connectivity index (χ4v) is 2.31. The normalized spacial score (nSPS) is 18.8. The molecule has 1 heterocycles. The van der Waals surface area contributed by atoms with E-state index in [1.807, 2.05) is 17.8 Å². The number of hydrogen-bond acceptors (Lipinski definition) is 3. The molecule has 1 saturated heterocycles. The van der Waals surface area contributed by atoms with Crippen LogP contribution in [-0.2, 0) is 4.74 Å². The van der Waals surface area contributed by atoms with Gasteiger partial charge in [0.2, 0.25) is 0 Å². The lowest BCUT2D eigenvalue weighted by Gasteiger charge is -2.12. The molecular formula is C13H26IN3OS. The molecule has 0 aliphatic carbocycles. The van der Waals surface area contributed by atoms with Crippen molar-refractivity contribution >= 4 is 41.7 Å². The second kappa shape index (κ2) is 13.1. The van der Waals surface area contributed by atoms with Gasteiger partial charge in [-0.3, -0.25) is 4.99 Å². The smallest absolute Gasteiger partial charge is 0.191 e. The molecule has 0 bridgehead atoms. The third-order valence-electron chi connectivity index (χ3n) is 2.60. The Morgan fingerprint density at radius 1 is 1.53 bits per heavy atom. The zero-order valence-corrected chi connectivity index (χ0v) is 14.8. The molecule has 19 heavy (non-hydrogen) atoms. The van der Waals surface area contributed by atoms with Gasteiger partial charge in [-0.1, -0.05) is 6.08 Å². The highest BCUT2D eigenvalue weighted by Gasteiger charge is 2.14. The molecule has 0 aromatic rings. The van der Waals surface area contributed by atoms with E-state index in [4.69, 9.17) is 4.74 Å². The molecule has 0 aromatic carbocycles. The number of nitrogens with one attached hydrogen (secondary N) is 2. The molecule has 0 aromatic heterocycles. The fraction of sp³-hybridized carbons (Fsp3) is 0.769. The first kappa shape index (κ1) is 19.1. The Bertz CT molecular complexity index is 258. The molecule has 112 valence electrons. The van der Waals surface area contributed by atoms with Gasteiger partial charge in [0.25, 0.3) is 0 Å². The van der Waals surface area contributed by atoms with Crippen LogP contribution in [0.25, 0.3) is 0 Å². The average molecular weight is 399 g/mol. The van der Waals surface area contributed by atoms with E-state index in [0.29, 0.717) is 6.10 Å². The van der Waals surface area contributed by atoms with E-state index in [2.05, 4.69) is 29.1 Å². The summed E-state index contributed by atoms with van der Waals surface area (Å²) in [6.07, 6.45) is 4.55. The molecule has 1 aliphatic rings. The van der Waals surface area contributed by atoms with Gasteiger partial charge in [-0.05, 0) is 19.8 Å². The topological polar surface area (TPSA) is 45.7 Å². The second-order valence-electron chi connectivity index (χ2n) is 4.15. The van der Waals surface area contributed by atoms with Gasteiger partial charge in [-0.25, -0.2) is 0 Å². The van der Waals surface area contributed by atoms with Gasteiger partial charge in [0.15, 0.2) is 5.96 Å². The maximum atomic E-state index is 5.56. The monoisotopic (exact) mass is 399 g/mol. The third kappa shape index (κ3) is 9.56. The van der Waals surface area contributed by atoms with Crippen molar-refractivity contribution in [2.24, 2.45) is 4.99 Å². The van der Waals surface area contributed by atoms with Crippen molar-refractivity contribution in [3.05, 3.63) is 12.7 Å².